The number of methoxy groups -OCH3 is 1. The minimum atomic E-state index is 0.313. The fourth-order valence-electron chi connectivity index (χ4n) is 1.13. The summed E-state index contributed by atoms with van der Waals surface area (Å²) >= 11 is 3.38. The third-order valence-electron chi connectivity index (χ3n) is 1.88. The molecule has 0 spiro atoms. The van der Waals surface area contributed by atoms with Gasteiger partial charge >= 0.3 is 6.01 Å². The summed E-state index contributed by atoms with van der Waals surface area (Å²) in [7, 11) is 1.61. The average Bonchev–Trinajstić information content (AvgIpc) is 2.33. The van der Waals surface area contributed by atoms with Crippen molar-refractivity contribution in [2.75, 3.05) is 7.11 Å². The maximum Gasteiger partial charge on any atom is 0.321 e. The van der Waals surface area contributed by atoms with Crippen LogP contribution in [0.25, 0.3) is 0 Å². The van der Waals surface area contributed by atoms with E-state index in [1.54, 1.807) is 31.6 Å². The van der Waals surface area contributed by atoms with E-state index in [1.165, 1.54) is 0 Å². The predicted molar refractivity (Wildman–Crippen MR) is 62.8 cm³/mol. The van der Waals surface area contributed by atoms with Gasteiger partial charge in [-0.1, -0.05) is 0 Å². The minimum Gasteiger partial charge on any atom is -0.497 e. The average molecular weight is 281 g/mol. The zero-order valence-corrected chi connectivity index (χ0v) is 10.1. The summed E-state index contributed by atoms with van der Waals surface area (Å²) in [5.74, 6) is 1.40. The van der Waals surface area contributed by atoms with E-state index in [1.807, 2.05) is 12.1 Å². The molecular formula is C11H9BrN2O2. The van der Waals surface area contributed by atoms with Gasteiger partial charge in [-0.15, -0.1) is 0 Å². The van der Waals surface area contributed by atoms with Crippen molar-refractivity contribution in [3.8, 4) is 17.5 Å². The Kier molecular flexibility index (Phi) is 3.36. The second-order valence-corrected chi connectivity index (χ2v) is 3.78. The van der Waals surface area contributed by atoms with Crippen molar-refractivity contribution in [1.29, 1.82) is 0 Å². The van der Waals surface area contributed by atoms with E-state index in [2.05, 4.69) is 25.9 Å². The second-order valence-electron chi connectivity index (χ2n) is 2.93. The van der Waals surface area contributed by atoms with Crippen molar-refractivity contribution < 1.29 is 9.47 Å². The summed E-state index contributed by atoms with van der Waals surface area (Å²) in [4.78, 5) is 7.94. The number of nitrogens with zero attached hydrogens (tertiary/aromatic N) is 2. The SMILES string of the molecule is COc1ccc(Oc2ncccn2)c(Br)c1. The highest BCUT2D eigenvalue weighted by atomic mass is 79.9. The third kappa shape index (κ3) is 2.49. The fraction of sp³-hybridized carbons (Fsp3) is 0.0909. The highest BCUT2D eigenvalue weighted by molar-refractivity contribution is 9.10. The van der Waals surface area contributed by atoms with Gasteiger partial charge in [-0.2, -0.15) is 0 Å². The van der Waals surface area contributed by atoms with E-state index >= 15 is 0 Å². The highest BCUT2D eigenvalue weighted by Crippen LogP contribution is 2.31. The van der Waals surface area contributed by atoms with Crippen LogP contribution >= 0.6 is 15.9 Å². The molecule has 2 rings (SSSR count). The van der Waals surface area contributed by atoms with Gasteiger partial charge in [0.05, 0.1) is 11.6 Å². The van der Waals surface area contributed by atoms with Gasteiger partial charge in [0.2, 0.25) is 0 Å². The van der Waals surface area contributed by atoms with E-state index in [4.69, 9.17) is 9.47 Å². The lowest BCUT2D eigenvalue weighted by molar-refractivity contribution is 0.409. The number of benzene rings is 1. The molecule has 0 unspecified atom stereocenters. The molecule has 0 aliphatic carbocycles. The first-order valence-electron chi connectivity index (χ1n) is 4.58. The Balaban J connectivity index is 2.22. The third-order valence-corrected chi connectivity index (χ3v) is 2.50. The number of hydrogen-bond donors (Lipinski definition) is 0. The van der Waals surface area contributed by atoms with E-state index in [0.717, 1.165) is 10.2 Å². The lowest BCUT2D eigenvalue weighted by Gasteiger charge is -2.06. The summed E-state index contributed by atoms with van der Waals surface area (Å²) in [5, 5.41) is 0. The first kappa shape index (κ1) is 10.9. The Hall–Kier alpha value is -1.62. The maximum atomic E-state index is 5.48. The molecule has 0 radical (unpaired) electrons. The number of aromatic nitrogens is 2. The molecule has 2 aromatic rings. The molecule has 82 valence electrons. The van der Waals surface area contributed by atoms with E-state index in [9.17, 15) is 0 Å². The van der Waals surface area contributed by atoms with Crippen molar-refractivity contribution in [2.24, 2.45) is 0 Å². The van der Waals surface area contributed by atoms with E-state index < -0.39 is 0 Å². The van der Waals surface area contributed by atoms with Crippen LogP contribution in [0.3, 0.4) is 0 Å². The molecule has 0 N–H and O–H groups in total. The number of hydrogen-bond acceptors (Lipinski definition) is 4. The van der Waals surface area contributed by atoms with Gasteiger partial charge in [0.1, 0.15) is 11.5 Å². The molecule has 0 aliphatic rings. The normalized spacial score (nSPS) is 9.88. The second kappa shape index (κ2) is 4.94. The lowest BCUT2D eigenvalue weighted by Crippen LogP contribution is -1.91. The molecule has 16 heavy (non-hydrogen) atoms. The van der Waals surface area contributed by atoms with Gasteiger partial charge < -0.3 is 9.47 Å². The molecule has 0 saturated carbocycles. The van der Waals surface area contributed by atoms with Crippen molar-refractivity contribution in [1.82, 2.24) is 9.97 Å². The zero-order chi connectivity index (χ0) is 11.4. The minimum absolute atomic E-state index is 0.313. The molecule has 0 amide bonds. The zero-order valence-electron chi connectivity index (χ0n) is 8.55. The Bertz CT molecular complexity index is 477. The number of ether oxygens (including phenoxy) is 2. The van der Waals surface area contributed by atoms with Crippen LogP contribution in [-0.2, 0) is 0 Å². The van der Waals surface area contributed by atoms with Crippen molar-refractivity contribution in [2.45, 2.75) is 0 Å². The van der Waals surface area contributed by atoms with Gasteiger partial charge in [0.15, 0.2) is 0 Å². The Morgan fingerprint density at radius 1 is 1.19 bits per heavy atom. The standard InChI is InChI=1S/C11H9BrN2O2/c1-15-8-3-4-10(9(12)7-8)16-11-13-5-2-6-14-11/h2-7H,1H3. The number of halogens is 1. The fourth-order valence-corrected chi connectivity index (χ4v) is 1.57. The monoisotopic (exact) mass is 280 g/mol. The molecule has 0 bridgehead atoms. The van der Waals surface area contributed by atoms with Crippen LogP contribution in [0, 0.1) is 0 Å². The van der Waals surface area contributed by atoms with Crippen molar-refractivity contribution in [3.63, 3.8) is 0 Å². The summed E-state index contributed by atoms with van der Waals surface area (Å²) < 4.78 is 11.4. The van der Waals surface area contributed by atoms with E-state index in [-0.39, 0.29) is 0 Å². The first-order valence-corrected chi connectivity index (χ1v) is 5.37. The largest absolute Gasteiger partial charge is 0.497 e. The smallest absolute Gasteiger partial charge is 0.321 e. The summed E-state index contributed by atoms with van der Waals surface area (Å²) in [6.45, 7) is 0. The van der Waals surface area contributed by atoms with Crippen LogP contribution < -0.4 is 9.47 Å². The molecule has 1 aromatic heterocycles. The van der Waals surface area contributed by atoms with Crippen LogP contribution in [-0.4, -0.2) is 17.1 Å². The molecule has 1 heterocycles. The van der Waals surface area contributed by atoms with Crippen LogP contribution in [0.15, 0.2) is 41.1 Å². The molecule has 0 atom stereocenters. The number of rotatable bonds is 3. The summed E-state index contributed by atoms with van der Waals surface area (Å²) in [5.41, 5.74) is 0. The Morgan fingerprint density at radius 2 is 1.94 bits per heavy atom. The van der Waals surface area contributed by atoms with Crippen molar-refractivity contribution >= 4 is 15.9 Å². The quantitative estimate of drug-likeness (QED) is 0.867. The highest BCUT2D eigenvalue weighted by Gasteiger charge is 2.05. The lowest BCUT2D eigenvalue weighted by atomic mass is 10.3. The molecule has 1 aromatic carbocycles. The molecular weight excluding hydrogens is 272 g/mol. The van der Waals surface area contributed by atoms with Crippen LogP contribution in [0.1, 0.15) is 0 Å². The maximum absolute atomic E-state index is 5.48. The predicted octanol–water partition coefficient (Wildman–Crippen LogP) is 3.04. The molecule has 0 fully saturated rings. The van der Waals surface area contributed by atoms with Gasteiger partial charge in [-0.05, 0) is 40.2 Å². The molecule has 5 heteroatoms. The van der Waals surface area contributed by atoms with Gasteiger partial charge in [-0.25, -0.2) is 9.97 Å². The van der Waals surface area contributed by atoms with Crippen LogP contribution in [0.2, 0.25) is 0 Å². The molecule has 0 saturated heterocycles. The Morgan fingerprint density at radius 3 is 2.56 bits per heavy atom. The van der Waals surface area contributed by atoms with Gasteiger partial charge in [0, 0.05) is 12.4 Å². The molecule has 4 nitrogen and oxygen atoms in total. The Labute approximate surface area is 101 Å². The van der Waals surface area contributed by atoms with Gasteiger partial charge in [-0.3, -0.25) is 0 Å². The van der Waals surface area contributed by atoms with E-state index in [0.29, 0.717) is 11.8 Å². The van der Waals surface area contributed by atoms with Crippen molar-refractivity contribution in [3.05, 3.63) is 41.1 Å². The van der Waals surface area contributed by atoms with Crippen LogP contribution in [0.5, 0.6) is 17.5 Å². The topological polar surface area (TPSA) is 44.2 Å². The van der Waals surface area contributed by atoms with Crippen LogP contribution in [0.4, 0.5) is 0 Å². The molecule has 0 aliphatic heterocycles. The van der Waals surface area contributed by atoms with Gasteiger partial charge in [0.25, 0.3) is 0 Å². The summed E-state index contributed by atoms with van der Waals surface area (Å²) in [6, 6.07) is 7.46. The first-order chi connectivity index (χ1) is 7.79. The summed E-state index contributed by atoms with van der Waals surface area (Å²) in [6.07, 6.45) is 3.25.